The zero-order valence-electron chi connectivity index (χ0n) is 23.1. The molecular formula is C30H43BrO5Si. The predicted octanol–water partition coefficient (Wildman–Crippen LogP) is 5.29. The number of ether oxygens (including phenoxy) is 4. The average Bonchev–Trinajstić information content (AvgIpc) is 3.39. The van der Waals surface area contributed by atoms with Crippen molar-refractivity contribution in [2.24, 2.45) is 5.92 Å². The van der Waals surface area contributed by atoms with Crippen molar-refractivity contribution in [3.05, 3.63) is 60.7 Å². The van der Waals surface area contributed by atoms with Gasteiger partial charge in [-0.3, -0.25) is 0 Å². The largest absolute Gasteiger partial charge is 0.407 e. The molecule has 0 radical (unpaired) electrons. The Balaban J connectivity index is 1.52. The van der Waals surface area contributed by atoms with Crippen molar-refractivity contribution in [2.75, 3.05) is 25.7 Å². The predicted molar refractivity (Wildman–Crippen MR) is 154 cm³/mol. The molecule has 2 saturated heterocycles. The maximum atomic E-state index is 7.14. The SMILES string of the molecule is CO[C@@H]1[C@@H](CBr)[C@H](CCO[Si](c2ccccc2)(c2ccccc2)C(C)(C)C)O[C@@H]1C[C@H]1COC(C)(C)O1. The monoisotopic (exact) mass is 590 g/mol. The number of benzene rings is 2. The molecule has 2 aliphatic rings. The molecule has 2 heterocycles. The summed E-state index contributed by atoms with van der Waals surface area (Å²) < 4.78 is 31.6. The van der Waals surface area contributed by atoms with Gasteiger partial charge in [-0.2, -0.15) is 0 Å². The minimum atomic E-state index is -2.58. The minimum Gasteiger partial charge on any atom is -0.407 e. The zero-order valence-corrected chi connectivity index (χ0v) is 25.7. The molecule has 0 aromatic heterocycles. The highest BCUT2D eigenvalue weighted by molar-refractivity contribution is 9.09. The summed E-state index contributed by atoms with van der Waals surface area (Å²) in [6, 6.07) is 21.6. The van der Waals surface area contributed by atoms with Crippen LogP contribution in [0.25, 0.3) is 0 Å². The molecule has 2 aromatic rings. The molecule has 4 rings (SSSR count). The number of rotatable bonds is 10. The maximum absolute atomic E-state index is 7.14. The molecule has 0 bridgehead atoms. The van der Waals surface area contributed by atoms with Crippen LogP contribution in [0.2, 0.25) is 5.04 Å². The lowest BCUT2D eigenvalue weighted by atomic mass is 9.94. The van der Waals surface area contributed by atoms with Crippen molar-refractivity contribution < 1.29 is 23.4 Å². The molecule has 37 heavy (non-hydrogen) atoms. The van der Waals surface area contributed by atoms with E-state index in [0.717, 1.165) is 18.2 Å². The Hall–Kier alpha value is -1.06. The molecule has 0 spiro atoms. The fraction of sp³-hybridized carbons (Fsp3) is 0.600. The van der Waals surface area contributed by atoms with Gasteiger partial charge in [0.25, 0.3) is 8.32 Å². The normalized spacial score (nSPS) is 28.0. The molecule has 204 valence electrons. The summed E-state index contributed by atoms with van der Waals surface area (Å²) in [6.07, 6.45) is 1.60. The van der Waals surface area contributed by atoms with Crippen molar-refractivity contribution in [1.82, 2.24) is 0 Å². The van der Waals surface area contributed by atoms with Gasteiger partial charge in [0.05, 0.1) is 31.0 Å². The summed E-state index contributed by atoms with van der Waals surface area (Å²) in [5, 5.41) is 3.36. The second-order valence-corrected chi connectivity index (χ2v) is 16.7. The fourth-order valence-corrected chi connectivity index (χ4v) is 11.5. The molecule has 0 saturated carbocycles. The molecule has 0 unspecified atom stereocenters. The second kappa shape index (κ2) is 12.0. The first-order valence-corrected chi connectivity index (χ1v) is 16.5. The second-order valence-electron chi connectivity index (χ2n) is 11.7. The van der Waals surface area contributed by atoms with Gasteiger partial charge in [0.2, 0.25) is 0 Å². The Morgan fingerprint density at radius 3 is 2.03 bits per heavy atom. The fourth-order valence-electron chi connectivity index (χ4n) is 6.10. The van der Waals surface area contributed by atoms with E-state index in [9.17, 15) is 0 Å². The first-order valence-electron chi connectivity index (χ1n) is 13.4. The van der Waals surface area contributed by atoms with Crippen LogP contribution >= 0.6 is 15.9 Å². The summed E-state index contributed by atoms with van der Waals surface area (Å²) in [4.78, 5) is 0. The van der Waals surface area contributed by atoms with Crippen LogP contribution in [-0.4, -0.2) is 64.2 Å². The summed E-state index contributed by atoms with van der Waals surface area (Å²) in [5.41, 5.74) is 0. The van der Waals surface area contributed by atoms with Crippen molar-refractivity contribution in [1.29, 1.82) is 0 Å². The van der Waals surface area contributed by atoms with Gasteiger partial charge in [-0.25, -0.2) is 0 Å². The van der Waals surface area contributed by atoms with E-state index in [-0.39, 0.29) is 35.4 Å². The van der Waals surface area contributed by atoms with E-state index in [0.29, 0.717) is 13.2 Å². The van der Waals surface area contributed by atoms with Crippen LogP contribution in [0, 0.1) is 5.92 Å². The maximum Gasteiger partial charge on any atom is 0.261 e. The lowest BCUT2D eigenvalue weighted by Crippen LogP contribution is -2.66. The van der Waals surface area contributed by atoms with E-state index in [1.54, 1.807) is 7.11 Å². The van der Waals surface area contributed by atoms with Gasteiger partial charge in [-0.15, -0.1) is 0 Å². The molecule has 7 heteroatoms. The van der Waals surface area contributed by atoms with Crippen molar-refractivity contribution in [3.8, 4) is 0 Å². The summed E-state index contributed by atoms with van der Waals surface area (Å²) in [7, 11) is -0.791. The van der Waals surface area contributed by atoms with E-state index in [4.69, 9.17) is 23.4 Å². The Bertz CT molecular complexity index is 941. The number of hydrogen-bond donors (Lipinski definition) is 0. The standard InChI is InChI=1S/C30H43BrO5Si/c1-29(2,3)37(23-13-9-7-10-14-23,24-15-11-8-12-16-24)34-18-17-26-25(20-31)28(32-6)27(35-26)19-22-21-33-30(4,5)36-22/h7-16,22,25-28H,17-21H2,1-6H3/t22-,25-,26-,27+,28+/m0/s1. The van der Waals surface area contributed by atoms with Gasteiger partial charge >= 0.3 is 0 Å². The molecule has 2 fully saturated rings. The third-order valence-corrected chi connectivity index (χ3v) is 13.6. The molecular weight excluding hydrogens is 548 g/mol. The van der Waals surface area contributed by atoms with E-state index >= 15 is 0 Å². The molecule has 0 N–H and O–H groups in total. The number of hydrogen-bond acceptors (Lipinski definition) is 5. The number of methoxy groups -OCH3 is 1. The number of alkyl halides is 1. The summed E-state index contributed by atoms with van der Waals surface area (Å²) in [6.45, 7) is 12.1. The van der Waals surface area contributed by atoms with Crippen LogP contribution in [0.15, 0.2) is 60.7 Å². The van der Waals surface area contributed by atoms with Crippen LogP contribution < -0.4 is 10.4 Å². The third kappa shape index (κ3) is 6.24. The van der Waals surface area contributed by atoms with E-state index in [1.165, 1.54) is 10.4 Å². The molecule has 0 amide bonds. The van der Waals surface area contributed by atoms with Crippen molar-refractivity contribution in [2.45, 2.75) is 82.7 Å². The Kier molecular flexibility index (Phi) is 9.37. The Labute approximate surface area is 232 Å². The van der Waals surface area contributed by atoms with Gasteiger partial charge < -0.3 is 23.4 Å². The van der Waals surface area contributed by atoms with Gasteiger partial charge in [-0.1, -0.05) is 97.4 Å². The van der Waals surface area contributed by atoms with E-state index < -0.39 is 14.1 Å². The van der Waals surface area contributed by atoms with E-state index in [2.05, 4.69) is 97.4 Å². The third-order valence-electron chi connectivity index (χ3n) is 7.77. The Morgan fingerprint density at radius 2 is 1.57 bits per heavy atom. The van der Waals surface area contributed by atoms with Gasteiger partial charge in [0.15, 0.2) is 5.79 Å². The number of halogens is 1. The molecule has 5 nitrogen and oxygen atoms in total. The molecule has 2 aliphatic heterocycles. The van der Waals surface area contributed by atoms with Crippen LogP contribution in [0.5, 0.6) is 0 Å². The smallest absolute Gasteiger partial charge is 0.261 e. The highest BCUT2D eigenvalue weighted by atomic mass is 79.9. The molecule has 5 atom stereocenters. The van der Waals surface area contributed by atoms with Crippen LogP contribution in [0.4, 0.5) is 0 Å². The van der Waals surface area contributed by atoms with Crippen LogP contribution in [0.3, 0.4) is 0 Å². The highest BCUT2D eigenvalue weighted by Crippen LogP contribution is 2.39. The van der Waals surface area contributed by atoms with Gasteiger partial charge in [0, 0.05) is 31.4 Å². The molecule has 2 aromatic carbocycles. The van der Waals surface area contributed by atoms with Crippen molar-refractivity contribution >= 4 is 34.6 Å². The van der Waals surface area contributed by atoms with Crippen molar-refractivity contribution in [3.63, 3.8) is 0 Å². The Morgan fingerprint density at radius 1 is 0.973 bits per heavy atom. The van der Waals surface area contributed by atoms with Gasteiger partial charge in [0.1, 0.15) is 0 Å². The minimum absolute atomic E-state index is 0.00421. The van der Waals surface area contributed by atoms with Crippen LogP contribution in [-0.2, 0) is 23.4 Å². The van der Waals surface area contributed by atoms with Crippen LogP contribution in [0.1, 0.15) is 47.5 Å². The lowest BCUT2D eigenvalue weighted by molar-refractivity contribution is -0.144. The summed E-state index contributed by atoms with van der Waals surface area (Å²) in [5.74, 6) is -0.294. The molecule has 0 aliphatic carbocycles. The first kappa shape index (κ1) is 28.9. The van der Waals surface area contributed by atoms with E-state index in [1.807, 2.05) is 13.8 Å². The highest BCUT2D eigenvalue weighted by Gasteiger charge is 2.51. The first-order chi connectivity index (χ1) is 17.6. The quantitative estimate of drug-likeness (QED) is 0.278. The summed E-state index contributed by atoms with van der Waals surface area (Å²) >= 11 is 3.74. The topological polar surface area (TPSA) is 46.2 Å². The van der Waals surface area contributed by atoms with Gasteiger partial charge in [-0.05, 0) is 35.7 Å². The lowest BCUT2D eigenvalue weighted by Gasteiger charge is -2.43. The average molecular weight is 592 g/mol. The zero-order chi connectivity index (χ0) is 26.7.